The molecule has 5 nitrogen and oxygen atoms in total. The summed E-state index contributed by atoms with van der Waals surface area (Å²) in [7, 11) is 0. The second-order valence-electron chi connectivity index (χ2n) is 6.63. The number of nitrogens with two attached hydrogens (primary N) is 1. The van der Waals surface area contributed by atoms with Gasteiger partial charge in [-0.2, -0.15) is 0 Å². The third-order valence-electron chi connectivity index (χ3n) is 4.71. The van der Waals surface area contributed by atoms with E-state index < -0.39 is 0 Å². The molecule has 0 aliphatic carbocycles. The van der Waals surface area contributed by atoms with Crippen LogP contribution in [0.15, 0.2) is 101 Å². The lowest BCUT2D eigenvalue weighted by Gasteiger charge is -2.11. The number of fused-ring (bicyclic) bond motifs is 1. The number of hydrogen-bond acceptors (Lipinski definition) is 5. The molecule has 3 N–H and O–H groups in total. The van der Waals surface area contributed by atoms with Gasteiger partial charge in [-0.15, -0.1) is 11.3 Å². The fourth-order valence-electron chi connectivity index (χ4n) is 3.03. The summed E-state index contributed by atoms with van der Waals surface area (Å²) in [4.78, 5) is 17.8. The van der Waals surface area contributed by atoms with E-state index in [9.17, 15) is 0 Å². The fourth-order valence-corrected chi connectivity index (χ4v) is 3.75. The van der Waals surface area contributed by atoms with Crippen molar-refractivity contribution in [3.05, 3.63) is 102 Å². The van der Waals surface area contributed by atoms with Crippen LogP contribution in [0.3, 0.4) is 0 Å². The molecular formula is C25H25N5S. The molecule has 0 aliphatic heterocycles. The zero-order valence-electron chi connectivity index (χ0n) is 17.7. The Kier molecular flexibility index (Phi) is 6.95. The topological polar surface area (TPSA) is 80.0 Å². The zero-order valence-corrected chi connectivity index (χ0v) is 18.5. The summed E-state index contributed by atoms with van der Waals surface area (Å²) in [5.74, 6) is 0.631. The molecule has 0 saturated carbocycles. The molecule has 3 aromatic heterocycles. The summed E-state index contributed by atoms with van der Waals surface area (Å²) in [5.41, 5.74) is 12.5. The van der Waals surface area contributed by atoms with E-state index in [1.165, 1.54) is 6.20 Å². The number of pyridine rings is 1. The van der Waals surface area contributed by atoms with Gasteiger partial charge in [0.15, 0.2) is 0 Å². The third kappa shape index (κ3) is 4.70. The molecule has 0 amide bonds. The molecule has 0 bridgehead atoms. The maximum absolute atomic E-state index is 6.32. The van der Waals surface area contributed by atoms with Crippen molar-refractivity contribution in [2.45, 2.75) is 13.8 Å². The molecule has 0 unspecified atom stereocenters. The Morgan fingerprint density at radius 1 is 1.23 bits per heavy atom. The summed E-state index contributed by atoms with van der Waals surface area (Å²) in [6.07, 6.45) is 10.6. The molecular weight excluding hydrogens is 402 g/mol. The van der Waals surface area contributed by atoms with Gasteiger partial charge in [0.2, 0.25) is 0 Å². The first-order valence-electron chi connectivity index (χ1n) is 9.71. The highest BCUT2D eigenvalue weighted by Gasteiger charge is 2.16. The zero-order chi connectivity index (χ0) is 22.4. The van der Waals surface area contributed by atoms with E-state index in [1.54, 1.807) is 23.7 Å². The normalized spacial score (nSPS) is 13.2. The van der Waals surface area contributed by atoms with Crippen molar-refractivity contribution in [2.24, 2.45) is 10.7 Å². The van der Waals surface area contributed by atoms with Crippen molar-refractivity contribution < 1.29 is 0 Å². The number of thiophene rings is 1. The number of hydrogen-bond donors (Lipinski definition) is 2. The largest absolute Gasteiger partial charge is 0.398 e. The number of rotatable bonds is 8. The molecule has 6 heteroatoms. The van der Waals surface area contributed by atoms with E-state index >= 15 is 0 Å². The van der Waals surface area contributed by atoms with Gasteiger partial charge in [0.05, 0.1) is 10.4 Å². The number of imidazole rings is 1. The average molecular weight is 428 g/mol. The maximum atomic E-state index is 6.32. The number of aromatic nitrogens is 3. The van der Waals surface area contributed by atoms with Gasteiger partial charge in [0, 0.05) is 35.5 Å². The van der Waals surface area contributed by atoms with Crippen LogP contribution in [0.1, 0.15) is 19.7 Å². The third-order valence-corrected chi connectivity index (χ3v) is 5.58. The molecule has 3 aromatic rings. The van der Waals surface area contributed by atoms with E-state index in [2.05, 4.69) is 34.7 Å². The monoisotopic (exact) mass is 427 g/mol. The molecule has 0 spiro atoms. The van der Waals surface area contributed by atoms with Crippen molar-refractivity contribution in [2.75, 3.05) is 0 Å². The second kappa shape index (κ2) is 9.82. The van der Waals surface area contributed by atoms with E-state index in [4.69, 9.17) is 10.7 Å². The average Bonchev–Trinajstić information content (AvgIpc) is 3.46. The quantitative estimate of drug-likeness (QED) is 0.331. The van der Waals surface area contributed by atoms with Gasteiger partial charge in [-0.1, -0.05) is 38.0 Å². The van der Waals surface area contributed by atoms with Gasteiger partial charge in [-0.05, 0) is 48.6 Å². The number of allylic oxidation sites excluding steroid dienone is 6. The summed E-state index contributed by atoms with van der Waals surface area (Å²) in [6, 6.07) is 5.94. The van der Waals surface area contributed by atoms with Gasteiger partial charge in [0.25, 0.3) is 0 Å². The van der Waals surface area contributed by atoms with E-state index in [-0.39, 0.29) is 0 Å². The molecule has 3 heterocycles. The van der Waals surface area contributed by atoms with Gasteiger partial charge < -0.3 is 10.7 Å². The minimum Gasteiger partial charge on any atom is -0.398 e. The molecule has 31 heavy (non-hydrogen) atoms. The number of nitrogens with one attached hydrogen (secondary N) is 1. The summed E-state index contributed by atoms with van der Waals surface area (Å²) in [5, 5.41) is 2.02. The fraction of sp³-hybridized carbons (Fsp3) is 0.0800. The van der Waals surface area contributed by atoms with Crippen LogP contribution in [-0.2, 0) is 0 Å². The van der Waals surface area contributed by atoms with Crippen LogP contribution in [0, 0.1) is 0 Å². The van der Waals surface area contributed by atoms with Crippen molar-refractivity contribution in [1.82, 2.24) is 15.0 Å². The first-order valence-corrected chi connectivity index (χ1v) is 10.6. The van der Waals surface area contributed by atoms with Gasteiger partial charge in [0.1, 0.15) is 17.0 Å². The van der Waals surface area contributed by atoms with Crippen molar-refractivity contribution in [3.8, 4) is 10.6 Å². The summed E-state index contributed by atoms with van der Waals surface area (Å²) in [6.45, 7) is 15.9. The Hall–Kier alpha value is -3.77. The molecule has 0 saturated heterocycles. The van der Waals surface area contributed by atoms with Crippen LogP contribution in [0.4, 0.5) is 0 Å². The van der Waals surface area contributed by atoms with Crippen LogP contribution in [0.25, 0.3) is 27.2 Å². The highest BCUT2D eigenvalue weighted by molar-refractivity contribution is 7.13. The molecule has 156 valence electrons. The summed E-state index contributed by atoms with van der Waals surface area (Å²) >= 11 is 1.63. The van der Waals surface area contributed by atoms with Gasteiger partial charge in [-0.25, -0.2) is 4.98 Å². The first-order chi connectivity index (χ1) is 15.0. The lowest BCUT2D eigenvalue weighted by atomic mass is 9.98. The summed E-state index contributed by atoms with van der Waals surface area (Å²) < 4.78 is 0. The highest BCUT2D eigenvalue weighted by atomic mass is 32.1. The molecule has 0 aliphatic rings. The Morgan fingerprint density at radius 2 is 2.03 bits per heavy atom. The number of aliphatic imine (C=N–C) groups is 1. The van der Waals surface area contributed by atoms with Crippen molar-refractivity contribution in [3.63, 3.8) is 0 Å². The van der Waals surface area contributed by atoms with Crippen molar-refractivity contribution >= 4 is 34.2 Å². The molecule has 0 fully saturated rings. The highest BCUT2D eigenvalue weighted by Crippen LogP contribution is 2.32. The number of nitrogens with zero attached hydrogens (tertiary/aromatic N) is 3. The minimum absolute atomic E-state index is 0.583. The van der Waals surface area contributed by atoms with E-state index in [1.807, 2.05) is 55.7 Å². The van der Waals surface area contributed by atoms with E-state index in [0.29, 0.717) is 17.1 Å². The molecule has 0 aromatic carbocycles. The van der Waals surface area contributed by atoms with Gasteiger partial charge in [-0.3, -0.25) is 9.98 Å². The predicted octanol–water partition coefficient (Wildman–Crippen LogP) is 6.21. The Labute approximate surface area is 186 Å². The van der Waals surface area contributed by atoms with Crippen molar-refractivity contribution in [1.29, 1.82) is 0 Å². The predicted molar refractivity (Wildman–Crippen MR) is 134 cm³/mol. The van der Waals surface area contributed by atoms with E-state index in [0.717, 1.165) is 38.3 Å². The minimum atomic E-state index is 0.583. The first kappa shape index (κ1) is 21.9. The Balaban J connectivity index is 2.06. The van der Waals surface area contributed by atoms with Crippen LogP contribution < -0.4 is 5.73 Å². The SMILES string of the molecule is C=CN=C/C(=C\C)C(=C)/C=C(C(=C)c1nc2c(-c3cccs3)nccc2[nH]1)\C(N)=C/C. The van der Waals surface area contributed by atoms with Crippen LogP contribution in [0.2, 0.25) is 0 Å². The van der Waals surface area contributed by atoms with Gasteiger partial charge >= 0.3 is 0 Å². The molecule has 0 radical (unpaired) electrons. The number of H-pyrrole nitrogens is 1. The standard InChI is InChI=1S/C25H25N5S/c1-6-18(15-27-8-3)16(4)14-19(20(26)7-2)17(5)25-29-21-11-12-28-24(23(21)30-25)22-10-9-13-31-22/h6-15H,3-5,26H2,1-2H3,(H,29,30)/b18-6+,19-14-,20-7+,27-15?. The van der Waals surface area contributed by atoms with Crippen LogP contribution in [0.5, 0.6) is 0 Å². The lowest BCUT2D eigenvalue weighted by molar-refractivity contribution is 1.24. The van der Waals surface area contributed by atoms with Crippen LogP contribution >= 0.6 is 11.3 Å². The molecule has 3 rings (SSSR count). The number of aromatic amines is 1. The Bertz CT molecular complexity index is 1250. The Morgan fingerprint density at radius 3 is 2.68 bits per heavy atom. The van der Waals surface area contributed by atoms with Crippen LogP contribution in [-0.4, -0.2) is 21.2 Å². The second-order valence-corrected chi connectivity index (χ2v) is 7.58. The maximum Gasteiger partial charge on any atom is 0.138 e. The smallest absolute Gasteiger partial charge is 0.138 e. The molecule has 0 atom stereocenters. The lowest BCUT2D eigenvalue weighted by Crippen LogP contribution is -2.05.